The summed E-state index contributed by atoms with van der Waals surface area (Å²) in [5.41, 5.74) is 8.24. The molecule has 2 N–H and O–H groups in total. The summed E-state index contributed by atoms with van der Waals surface area (Å²) in [6.45, 7) is 3.97. The first-order valence-corrected chi connectivity index (χ1v) is 6.16. The quantitative estimate of drug-likeness (QED) is 0.910. The van der Waals surface area contributed by atoms with Gasteiger partial charge >= 0.3 is 0 Å². The molecule has 1 aromatic carbocycles. The lowest BCUT2D eigenvalue weighted by atomic mass is 10.1. The average molecular weight is 263 g/mol. The maximum atomic E-state index is 6.06. The highest BCUT2D eigenvalue weighted by atomic mass is 35.5. The Kier molecular flexibility index (Phi) is 3.72. The van der Waals surface area contributed by atoms with Crippen LogP contribution in [0.2, 0.25) is 5.02 Å². The highest BCUT2D eigenvalue weighted by Crippen LogP contribution is 2.27. The fourth-order valence-electron chi connectivity index (χ4n) is 1.69. The number of hydrogen-bond acceptors (Lipinski definition) is 3. The molecule has 3 nitrogen and oxygen atoms in total. The van der Waals surface area contributed by atoms with Gasteiger partial charge in [-0.15, -0.1) is 0 Å². The van der Waals surface area contributed by atoms with Crippen LogP contribution in [0.15, 0.2) is 30.5 Å². The van der Waals surface area contributed by atoms with Gasteiger partial charge in [0.05, 0.1) is 11.9 Å². The standard InChI is InChI=1S/C14H15ClN2O/c1-3-10-7-12(4-5-13(10)15)18-14-9(2)6-11(16)8-17-14/h4-8H,3,16H2,1-2H3. The molecule has 0 bridgehead atoms. The lowest BCUT2D eigenvalue weighted by Gasteiger charge is -2.09. The van der Waals surface area contributed by atoms with Gasteiger partial charge in [0.2, 0.25) is 5.88 Å². The summed E-state index contributed by atoms with van der Waals surface area (Å²) >= 11 is 6.06. The second-order valence-electron chi connectivity index (χ2n) is 4.10. The van der Waals surface area contributed by atoms with E-state index in [0.717, 1.165) is 28.3 Å². The molecule has 94 valence electrons. The number of nitrogens with zero attached hydrogens (tertiary/aromatic N) is 1. The zero-order chi connectivity index (χ0) is 13.1. The number of benzene rings is 1. The number of hydrogen-bond donors (Lipinski definition) is 1. The number of nitrogens with two attached hydrogens (primary N) is 1. The summed E-state index contributed by atoms with van der Waals surface area (Å²) < 4.78 is 5.74. The van der Waals surface area contributed by atoms with E-state index in [-0.39, 0.29) is 0 Å². The predicted octanol–water partition coefficient (Wildman–Crippen LogP) is 3.98. The first-order chi connectivity index (χ1) is 8.60. The summed E-state index contributed by atoms with van der Waals surface area (Å²) in [7, 11) is 0. The lowest BCUT2D eigenvalue weighted by Crippen LogP contribution is -1.94. The van der Waals surface area contributed by atoms with Crippen LogP contribution in [0.1, 0.15) is 18.1 Å². The van der Waals surface area contributed by atoms with E-state index in [4.69, 9.17) is 22.1 Å². The van der Waals surface area contributed by atoms with Crippen LogP contribution in [0.25, 0.3) is 0 Å². The molecule has 0 unspecified atom stereocenters. The highest BCUT2D eigenvalue weighted by molar-refractivity contribution is 6.31. The summed E-state index contributed by atoms with van der Waals surface area (Å²) in [4.78, 5) is 4.17. The van der Waals surface area contributed by atoms with Gasteiger partial charge in [-0.3, -0.25) is 0 Å². The Labute approximate surface area is 112 Å². The molecule has 0 saturated heterocycles. The van der Waals surface area contributed by atoms with Crippen LogP contribution >= 0.6 is 11.6 Å². The maximum Gasteiger partial charge on any atom is 0.222 e. The van der Waals surface area contributed by atoms with Crippen molar-refractivity contribution in [3.63, 3.8) is 0 Å². The molecule has 0 aliphatic carbocycles. The Morgan fingerprint density at radius 2 is 2.11 bits per heavy atom. The number of anilines is 1. The molecule has 0 atom stereocenters. The van der Waals surface area contributed by atoms with Crippen LogP contribution in [0, 0.1) is 6.92 Å². The lowest BCUT2D eigenvalue weighted by molar-refractivity contribution is 0.458. The SMILES string of the molecule is CCc1cc(Oc2ncc(N)cc2C)ccc1Cl. The third-order valence-corrected chi connectivity index (χ3v) is 3.03. The smallest absolute Gasteiger partial charge is 0.222 e. The summed E-state index contributed by atoms with van der Waals surface area (Å²) in [5, 5.41) is 0.756. The first kappa shape index (κ1) is 12.7. The van der Waals surface area contributed by atoms with Crippen LogP contribution in [-0.2, 0) is 6.42 Å². The number of halogens is 1. The summed E-state index contributed by atoms with van der Waals surface area (Å²) in [6, 6.07) is 7.43. The molecule has 0 fully saturated rings. The Morgan fingerprint density at radius 3 is 2.78 bits per heavy atom. The number of aromatic nitrogens is 1. The normalized spacial score (nSPS) is 10.4. The van der Waals surface area contributed by atoms with E-state index < -0.39 is 0 Å². The molecule has 0 saturated carbocycles. The molecule has 2 aromatic rings. The van der Waals surface area contributed by atoms with Crippen molar-refractivity contribution < 1.29 is 4.74 Å². The molecule has 1 aromatic heterocycles. The number of nitrogen functional groups attached to an aromatic ring is 1. The van der Waals surface area contributed by atoms with Gasteiger partial charge in [0.15, 0.2) is 0 Å². The van der Waals surface area contributed by atoms with E-state index in [1.807, 2.05) is 31.2 Å². The monoisotopic (exact) mass is 262 g/mol. The number of ether oxygens (including phenoxy) is 1. The van der Waals surface area contributed by atoms with Gasteiger partial charge in [-0.05, 0) is 43.2 Å². The third-order valence-electron chi connectivity index (χ3n) is 2.66. The molecule has 1 heterocycles. The Hall–Kier alpha value is -1.74. The second-order valence-corrected chi connectivity index (χ2v) is 4.51. The minimum absolute atomic E-state index is 0.563. The fraction of sp³-hybridized carbons (Fsp3) is 0.214. The van der Waals surface area contributed by atoms with E-state index in [2.05, 4.69) is 11.9 Å². The first-order valence-electron chi connectivity index (χ1n) is 5.78. The van der Waals surface area contributed by atoms with Crippen molar-refractivity contribution in [3.05, 3.63) is 46.6 Å². The van der Waals surface area contributed by atoms with Crippen LogP contribution in [0.5, 0.6) is 11.6 Å². The Morgan fingerprint density at radius 1 is 1.33 bits per heavy atom. The molecule has 0 aliphatic heterocycles. The molecule has 0 spiro atoms. The predicted molar refractivity (Wildman–Crippen MR) is 74.3 cm³/mol. The van der Waals surface area contributed by atoms with Gasteiger partial charge in [-0.2, -0.15) is 0 Å². The average Bonchev–Trinajstić information content (AvgIpc) is 2.35. The van der Waals surface area contributed by atoms with Crippen molar-refractivity contribution in [2.45, 2.75) is 20.3 Å². The molecule has 18 heavy (non-hydrogen) atoms. The molecule has 0 amide bonds. The van der Waals surface area contributed by atoms with E-state index in [1.54, 1.807) is 6.20 Å². The van der Waals surface area contributed by atoms with Gasteiger partial charge in [-0.1, -0.05) is 18.5 Å². The van der Waals surface area contributed by atoms with E-state index in [1.165, 1.54) is 0 Å². The van der Waals surface area contributed by atoms with Crippen LogP contribution in [-0.4, -0.2) is 4.98 Å². The van der Waals surface area contributed by atoms with E-state index >= 15 is 0 Å². The van der Waals surface area contributed by atoms with Gasteiger partial charge in [-0.25, -0.2) is 4.98 Å². The van der Waals surface area contributed by atoms with E-state index in [9.17, 15) is 0 Å². The van der Waals surface area contributed by atoms with Gasteiger partial charge in [0.1, 0.15) is 5.75 Å². The maximum absolute atomic E-state index is 6.06. The van der Waals surface area contributed by atoms with Crippen LogP contribution in [0.4, 0.5) is 5.69 Å². The van der Waals surface area contributed by atoms with Crippen molar-refractivity contribution in [3.8, 4) is 11.6 Å². The minimum Gasteiger partial charge on any atom is -0.439 e. The van der Waals surface area contributed by atoms with Gasteiger partial charge in [0.25, 0.3) is 0 Å². The number of pyridine rings is 1. The topological polar surface area (TPSA) is 48.1 Å². The fourth-order valence-corrected chi connectivity index (χ4v) is 1.94. The van der Waals surface area contributed by atoms with Crippen molar-refractivity contribution >= 4 is 17.3 Å². The zero-order valence-corrected chi connectivity index (χ0v) is 11.2. The molecule has 0 aliphatic rings. The Bertz CT molecular complexity index is 570. The zero-order valence-electron chi connectivity index (χ0n) is 10.4. The summed E-state index contributed by atoms with van der Waals surface area (Å²) in [6.07, 6.45) is 2.45. The molecule has 2 rings (SSSR count). The van der Waals surface area contributed by atoms with E-state index in [0.29, 0.717) is 11.6 Å². The number of aryl methyl sites for hydroxylation is 2. The Balaban J connectivity index is 2.28. The molecule has 0 radical (unpaired) electrons. The minimum atomic E-state index is 0.563. The number of rotatable bonds is 3. The van der Waals surface area contributed by atoms with Crippen LogP contribution in [0.3, 0.4) is 0 Å². The largest absolute Gasteiger partial charge is 0.439 e. The van der Waals surface area contributed by atoms with Gasteiger partial charge < -0.3 is 10.5 Å². The summed E-state index contributed by atoms with van der Waals surface area (Å²) in [5.74, 6) is 1.30. The molecular formula is C14H15ClN2O. The van der Waals surface area contributed by atoms with Crippen LogP contribution < -0.4 is 10.5 Å². The highest BCUT2D eigenvalue weighted by Gasteiger charge is 2.06. The van der Waals surface area contributed by atoms with Crippen molar-refractivity contribution in [1.29, 1.82) is 0 Å². The van der Waals surface area contributed by atoms with Gasteiger partial charge in [0, 0.05) is 10.6 Å². The molecular weight excluding hydrogens is 248 g/mol. The van der Waals surface area contributed by atoms with Crippen molar-refractivity contribution in [2.24, 2.45) is 0 Å². The van der Waals surface area contributed by atoms with Crippen molar-refractivity contribution in [2.75, 3.05) is 5.73 Å². The third kappa shape index (κ3) is 2.74. The second kappa shape index (κ2) is 5.27. The van der Waals surface area contributed by atoms with Crippen molar-refractivity contribution in [1.82, 2.24) is 4.98 Å². The molecule has 4 heteroatoms.